The Kier molecular flexibility index (Phi) is 2.87. The largest absolute Gasteiger partial charge is 0.443 e. The summed E-state index contributed by atoms with van der Waals surface area (Å²) in [5.41, 5.74) is 2.12. The Morgan fingerprint density at radius 1 is 1.56 bits per heavy atom. The van der Waals surface area contributed by atoms with Gasteiger partial charge in [0.2, 0.25) is 5.91 Å². The number of aromatic nitrogens is 1. The number of oxazole rings is 1. The van der Waals surface area contributed by atoms with E-state index in [4.69, 9.17) is 9.52 Å². The molecule has 5 nitrogen and oxygen atoms in total. The minimum atomic E-state index is -0.145. The topological polar surface area (TPSA) is 66.6 Å². The van der Waals surface area contributed by atoms with Crippen LogP contribution in [0.2, 0.25) is 0 Å². The van der Waals surface area contributed by atoms with E-state index in [9.17, 15) is 4.79 Å². The summed E-state index contributed by atoms with van der Waals surface area (Å²) in [5, 5.41) is 8.70. The molecule has 0 saturated heterocycles. The van der Waals surface area contributed by atoms with E-state index >= 15 is 0 Å². The predicted molar refractivity (Wildman–Crippen MR) is 59.1 cm³/mol. The van der Waals surface area contributed by atoms with Gasteiger partial charge in [0, 0.05) is 18.8 Å². The number of benzene rings is 1. The minimum Gasteiger partial charge on any atom is -0.443 e. The second kappa shape index (κ2) is 4.32. The molecule has 0 bridgehead atoms. The molecule has 1 aromatic heterocycles. The second-order valence-electron chi connectivity index (χ2n) is 3.43. The SMILES string of the molecule is CN(C(=O)CCO)c1ccc2ncoc2c1. The van der Waals surface area contributed by atoms with Gasteiger partial charge in [0.05, 0.1) is 13.0 Å². The minimum absolute atomic E-state index is 0.116. The van der Waals surface area contributed by atoms with Crippen LogP contribution in [0.4, 0.5) is 5.69 Å². The summed E-state index contributed by atoms with van der Waals surface area (Å²) in [7, 11) is 1.66. The molecule has 1 heterocycles. The smallest absolute Gasteiger partial charge is 0.229 e. The quantitative estimate of drug-likeness (QED) is 0.843. The van der Waals surface area contributed by atoms with Crippen LogP contribution in [0.3, 0.4) is 0 Å². The van der Waals surface area contributed by atoms with E-state index in [-0.39, 0.29) is 18.9 Å². The van der Waals surface area contributed by atoms with Crippen molar-refractivity contribution in [3.63, 3.8) is 0 Å². The summed E-state index contributed by atoms with van der Waals surface area (Å²) in [5.74, 6) is -0.138. The Bertz CT molecular complexity index is 507. The summed E-state index contributed by atoms with van der Waals surface area (Å²) >= 11 is 0. The first-order valence-corrected chi connectivity index (χ1v) is 4.93. The average Bonchev–Trinajstić information content (AvgIpc) is 2.75. The maximum absolute atomic E-state index is 11.5. The van der Waals surface area contributed by atoms with Gasteiger partial charge in [-0.15, -0.1) is 0 Å². The van der Waals surface area contributed by atoms with Crippen LogP contribution in [0, 0.1) is 0 Å². The van der Waals surface area contributed by atoms with Gasteiger partial charge < -0.3 is 14.4 Å². The molecular formula is C11H12N2O3. The van der Waals surface area contributed by atoms with Gasteiger partial charge in [0.15, 0.2) is 12.0 Å². The van der Waals surface area contributed by atoms with Gasteiger partial charge in [0.1, 0.15) is 5.52 Å². The lowest BCUT2D eigenvalue weighted by Gasteiger charge is -2.16. The number of fused-ring (bicyclic) bond motifs is 1. The fourth-order valence-corrected chi connectivity index (χ4v) is 1.46. The molecule has 1 aromatic carbocycles. The van der Waals surface area contributed by atoms with E-state index in [0.717, 1.165) is 11.2 Å². The number of nitrogens with zero attached hydrogens (tertiary/aromatic N) is 2. The highest BCUT2D eigenvalue weighted by Gasteiger charge is 2.11. The lowest BCUT2D eigenvalue weighted by Crippen LogP contribution is -2.26. The number of hydrogen-bond donors (Lipinski definition) is 1. The molecule has 16 heavy (non-hydrogen) atoms. The molecule has 0 fully saturated rings. The number of anilines is 1. The molecule has 0 saturated carbocycles. The van der Waals surface area contributed by atoms with Crippen molar-refractivity contribution in [2.24, 2.45) is 0 Å². The average molecular weight is 220 g/mol. The number of rotatable bonds is 3. The van der Waals surface area contributed by atoms with E-state index in [1.807, 2.05) is 0 Å². The molecular weight excluding hydrogens is 208 g/mol. The normalized spacial score (nSPS) is 10.6. The predicted octanol–water partition coefficient (Wildman–Crippen LogP) is 1.17. The van der Waals surface area contributed by atoms with Crippen LogP contribution in [0.1, 0.15) is 6.42 Å². The summed E-state index contributed by atoms with van der Waals surface area (Å²) in [6, 6.07) is 5.33. The Balaban J connectivity index is 2.28. The van der Waals surface area contributed by atoms with Gasteiger partial charge in [-0.2, -0.15) is 0 Å². The number of amides is 1. The molecule has 0 aliphatic rings. The monoisotopic (exact) mass is 220 g/mol. The first kappa shape index (κ1) is 10.6. The van der Waals surface area contributed by atoms with Crippen LogP contribution in [0.5, 0.6) is 0 Å². The van der Waals surface area contributed by atoms with Crippen LogP contribution < -0.4 is 4.90 Å². The van der Waals surface area contributed by atoms with Crippen molar-refractivity contribution in [3.8, 4) is 0 Å². The molecule has 0 aliphatic carbocycles. The number of hydrogen-bond acceptors (Lipinski definition) is 4. The summed E-state index contributed by atoms with van der Waals surface area (Å²) in [4.78, 5) is 17.0. The maximum atomic E-state index is 11.5. The van der Waals surface area contributed by atoms with E-state index < -0.39 is 0 Å². The number of aliphatic hydroxyl groups is 1. The van der Waals surface area contributed by atoms with Crippen molar-refractivity contribution >= 4 is 22.7 Å². The summed E-state index contributed by atoms with van der Waals surface area (Å²) < 4.78 is 5.15. The van der Waals surface area contributed by atoms with Gasteiger partial charge in [-0.05, 0) is 12.1 Å². The molecule has 2 rings (SSSR count). The molecule has 84 valence electrons. The number of carbonyl (C=O) groups excluding carboxylic acids is 1. The van der Waals surface area contributed by atoms with Gasteiger partial charge in [-0.1, -0.05) is 0 Å². The number of carbonyl (C=O) groups is 1. The summed E-state index contributed by atoms with van der Waals surface area (Å²) in [6.07, 6.45) is 1.48. The second-order valence-corrected chi connectivity index (χ2v) is 3.43. The van der Waals surface area contributed by atoms with E-state index in [1.54, 1.807) is 25.2 Å². The highest BCUT2D eigenvalue weighted by atomic mass is 16.3. The van der Waals surface area contributed by atoms with Gasteiger partial charge in [0.25, 0.3) is 0 Å². The van der Waals surface area contributed by atoms with Gasteiger partial charge in [-0.3, -0.25) is 4.79 Å². The van der Waals surface area contributed by atoms with Crippen LogP contribution in [-0.4, -0.2) is 29.7 Å². The Hall–Kier alpha value is -1.88. The Morgan fingerprint density at radius 2 is 2.38 bits per heavy atom. The highest BCUT2D eigenvalue weighted by Crippen LogP contribution is 2.20. The molecule has 0 unspecified atom stereocenters. The summed E-state index contributed by atoms with van der Waals surface area (Å²) in [6.45, 7) is -0.145. The van der Waals surface area contributed by atoms with Crippen molar-refractivity contribution in [1.82, 2.24) is 4.98 Å². The molecule has 0 radical (unpaired) electrons. The fraction of sp³-hybridized carbons (Fsp3) is 0.273. The van der Waals surface area contributed by atoms with Crippen LogP contribution in [0.25, 0.3) is 11.1 Å². The molecule has 1 N–H and O–H groups in total. The third-order valence-corrected chi connectivity index (χ3v) is 2.40. The molecule has 2 aromatic rings. The van der Waals surface area contributed by atoms with Crippen LogP contribution >= 0.6 is 0 Å². The van der Waals surface area contributed by atoms with Gasteiger partial charge in [-0.25, -0.2) is 4.98 Å². The lowest BCUT2D eigenvalue weighted by atomic mass is 10.2. The van der Waals surface area contributed by atoms with Gasteiger partial charge >= 0.3 is 0 Å². The molecule has 1 amide bonds. The first-order chi connectivity index (χ1) is 7.72. The zero-order valence-corrected chi connectivity index (χ0v) is 8.88. The Morgan fingerprint density at radius 3 is 3.12 bits per heavy atom. The zero-order chi connectivity index (χ0) is 11.5. The lowest BCUT2D eigenvalue weighted by molar-refractivity contribution is -0.118. The molecule has 0 aliphatic heterocycles. The zero-order valence-electron chi connectivity index (χ0n) is 8.88. The number of aliphatic hydroxyl groups excluding tert-OH is 1. The van der Waals surface area contributed by atoms with Crippen molar-refractivity contribution in [3.05, 3.63) is 24.6 Å². The van der Waals surface area contributed by atoms with E-state index in [0.29, 0.717) is 5.58 Å². The van der Waals surface area contributed by atoms with Crippen LogP contribution in [0.15, 0.2) is 29.0 Å². The van der Waals surface area contributed by atoms with E-state index in [1.165, 1.54) is 11.3 Å². The van der Waals surface area contributed by atoms with Crippen molar-refractivity contribution in [1.29, 1.82) is 0 Å². The van der Waals surface area contributed by atoms with Crippen molar-refractivity contribution < 1.29 is 14.3 Å². The molecule has 0 spiro atoms. The van der Waals surface area contributed by atoms with Crippen molar-refractivity contribution in [2.45, 2.75) is 6.42 Å². The van der Waals surface area contributed by atoms with Crippen LogP contribution in [-0.2, 0) is 4.79 Å². The van der Waals surface area contributed by atoms with E-state index in [2.05, 4.69) is 4.98 Å². The standard InChI is InChI=1S/C11H12N2O3/c1-13(11(15)4-5-14)8-2-3-9-10(6-8)16-7-12-9/h2-3,6-7,14H,4-5H2,1H3. The third-order valence-electron chi connectivity index (χ3n) is 2.40. The first-order valence-electron chi connectivity index (χ1n) is 4.93. The third kappa shape index (κ3) is 1.90. The Labute approximate surface area is 92.3 Å². The molecule has 0 atom stereocenters. The molecule has 5 heteroatoms. The highest BCUT2D eigenvalue weighted by molar-refractivity contribution is 5.94. The maximum Gasteiger partial charge on any atom is 0.229 e. The van der Waals surface area contributed by atoms with Crippen molar-refractivity contribution in [2.75, 3.05) is 18.6 Å². The fourth-order valence-electron chi connectivity index (χ4n) is 1.46.